The Balaban J connectivity index is 1.46. The van der Waals surface area contributed by atoms with Crippen molar-refractivity contribution < 1.29 is 4.74 Å². The molecule has 1 saturated heterocycles. The summed E-state index contributed by atoms with van der Waals surface area (Å²) in [7, 11) is 0. The molecule has 144 valence electrons. The summed E-state index contributed by atoms with van der Waals surface area (Å²) in [6, 6.07) is 16.4. The summed E-state index contributed by atoms with van der Waals surface area (Å²) in [5.74, 6) is 0.806. The third-order valence-corrected chi connectivity index (χ3v) is 6.39. The van der Waals surface area contributed by atoms with Crippen molar-refractivity contribution in [1.82, 2.24) is 9.97 Å². The number of hydrogen-bond acceptors (Lipinski definition) is 6. The third kappa shape index (κ3) is 4.84. The van der Waals surface area contributed by atoms with Crippen LogP contribution in [0.4, 0.5) is 11.4 Å². The van der Waals surface area contributed by atoms with E-state index in [0.29, 0.717) is 6.42 Å². The highest BCUT2D eigenvalue weighted by atomic mass is 79.9. The maximum atomic E-state index is 5.76. The van der Waals surface area contributed by atoms with E-state index in [1.165, 1.54) is 11.3 Å². The van der Waals surface area contributed by atoms with Gasteiger partial charge in [-0.3, -0.25) is 0 Å². The van der Waals surface area contributed by atoms with E-state index in [1.807, 2.05) is 30.5 Å². The molecule has 4 rings (SSSR count). The number of aromatic nitrogens is 2. The molecule has 2 aromatic carbocycles. The fraction of sp³-hybridized carbons (Fsp3) is 0.238. The Kier molecular flexibility index (Phi) is 6.14. The van der Waals surface area contributed by atoms with E-state index in [4.69, 9.17) is 15.5 Å². The molecule has 1 aliphatic heterocycles. The van der Waals surface area contributed by atoms with Crippen molar-refractivity contribution >= 4 is 39.1 Å². The van der Waals surface area contributed by atoms with Crippen LogP contribution in [-0.4, -0.2) is 36.3 Å². The summed E-state index contributed by atoms with van der Waals surface area (Å²) in [4.78, 5) is 12.7. The minimum absolute atomic E-state index is 0.700. The number of benzene rings is 2. The predicted octanol–water partition coefficient (Wildman–Crippen LogP) is 4.40. The van der Waals surface area contributed by atoms with E-state index >= 15 is 0 Å². The molecule has 0 atom stereocenters. The lowest BCUT2D eigenvalue weighted by molar-refractivity contribution is 0.122. The molecule has 2 heterocycles. The van der Waals surface area contributed by atoms with Crippen molar-refractivity contribution in [3.63, 3.8) is 0 Å². The lowest BCUT2D eigenvalue weighted by atomic mass is 10.1. The maximum Gasteiger partial charge on any atom is 0.134 e. The number of hydrogen-bond donors (Lipinski definition) is 1. The molecule has 0 unspecified atom stereocenters. The van der Waals surface area contributed by atoms with Gasteiger partial charge in [0.2, 0.25) is 0 Å². The van der Waals surface area contributed by atoms with Crippen LogP contribution < -0.4 is 10.6 Å². The van der Waals surface area contributed by atoms with Crippen LogP contribution in [0.1, 0.15) is 11.4 Å². The van der Waals surface area contributed by atoms with Crippen molar-refractivity contribution in [3.8, 4) is 0 Å². The van der Waals surface area contributed by atoms with Gasteiger partial charge in [-0.15, -0.1) is 0 Å². The Morgan fingerprint density at radius 3 is 2.46 bits per heavy atom. The molecular formula is C21H21BrN4OS. The zero-order valence-corrected chi connectivity index (χ0v) is 17.7. The van der Waals surface area contributed by atoms with Gasteiger partial charge in [0.25, 0.3) is 0 Å². The fourth-order valence-electron chi connectivity index (χ4n) is 3.02. The second kappa shape index (κ2) is 8.94. The summed E-state index contributed by atoms with van der Waals surface area (Å²) in [5, 5.41) is 0.903. The van der Waals surface area contributed by atoms with Crippen molar-refractivity contribution in [2.75, 3.05) is 36.9 Å². The Hall–Kier alpha value is -2.09. The van der Waals surface area contributed by atoms with Gasteiger partial charge in [0.15, 0.2) is 0 Å². The molecular weight excluding hydrogens is 436 g/mol. The predicted molar refractivity (Wildman–Crippen MR) is 117 cm³/mol. The van der Waals surface area contributed by atoms with E-state index in [-0.39, 0.29) is 0 Å². The minimum atomic E-state index is 0.700. The van der Waals surface area contributed by atoms with Crippen molar-refractivity contribution in [3.05, 3.63) is 70.6 Å². The molecule has 0 radical (unpaired) electrons. The van der Waals surface area contributed by atoms with Crippen LogP contribution in [0.3, 0.4) is 0 Å². The van der Waals surface area contributed by atoms with Crippen molar-refractivity contribution in [2.24, 2.45) is 0 Å². The number of halogens is 1. The van der Waals surface area contributed by atoms with Crippen LogP contribution in [0.25, 0.3) is 0 Å². The molecule has 1 aromatic heterocycles. The number of nitrogens with zero attached hydrogens (tertiary/aromatic N) is 3. The van der Waals surface area contributed by atoms with E-state index in [1.54, 1.807) is 11.8 Å². The largest absolute Gasteiger partial charge is 0.399 e. The first-order chi connectivity index (χ1) is 13.7. The first-order valence-corrected chi connectivity index (χ1v) is 10.7. The minimum Gasteiger partial charge on any atom is -0.399 e. The summed E-state index contributed by atoms with van der Waals surface area (Å²) >= 11 is 5.15. The van der Waals surface area contributed by atoms with Gasteiger partial charge < -0.3 is 15.4 Å². The van der Waals surface area contributed by atoms with Gasteiger partial charge in [0.1, 0.15) is 10.9 Å². The monoisotopic (exact) mass is 456 g/mol. The Bertz CT molecular complexity index is 928. The average molecular weight is 457 g/mol. The van der Waals surface area contributed by atoms with Crippen LogP contribution in [0.15, 0.2) is 69.1 Å². The number of ether oxygens (including phenoxy) is 1. The second-order valence-corrected chi connectivity index (χ2v) is 8.47. The van der Waals surface area contributed by atoms with Gasteiger partial charge in [-0.05, 0) is 57.9 Å². The zero-order chi connectivity index (χ0) is 19.3. The van der Waals surface area contributed by atoms with E-state index in [2.05, 4.69) is 50.1 Å². The molecule has 3 aromatic rings. The lowest BCUT2D eigenvalue weighted by Gasteiger charge is -2.28. The number of anilines is 2. The summed E-state index contributed by atoms with van der Waals surface area (Å²) in [6.45, 7) is 3.48. The van der Waals surface area contributed by atoms with Crippen LogP contribution >= 0.6 is 27.7 Å². The molecule has 0 amide bonds. The summed E-state index contributed by atoms with van der Waals surface area (Å²) in [5.41, 5.74) is 8.96. The van der Waals surface area contributed by atoms with E-state index < -0.39 is 0 Å². The van der Waals surface area contributed by atoms with E-state index in [9.17, 15) is 0 Å². The number of nitrogens with two attached hydrogens (primary N) is 1. The average Bonchev–Trinajstić information content (AvgIpc) is 2.73. The fourth-order valence-corrected chi connectivity index (χ4v) is 4.25. The summed E-state index contributed by atoms with van der Waals surface area (Å²) < 4.78 is 6.31. The molecule has 0 bridgehead atoms. The lowest BCUT2D eigenvalue weighted by Crippen LogP contribution is -2.36. The van der Waals surface area contributed by atoms with Crippen LogP contribution in [-0.2, 0) is 11.2 Å². The number of nitrogen functional groups attached to an aromatic ring is 1. The first kappa shape index (κ1) is 19.2. The molecule has 28 heavy (non-hydrogen) atoms. The molecule has 0 spiro atoms. The SMILES string of the molecule is Nc1ccc(Sc2nc(Cc3ccc(N4CCOCC4)cc3)ncc2Br)cc1. The highest BCUT2D eigenvalue weighted by Gasteiger charge is 2.12. The van der Waals surface area contributed by atoms with Gasteiger partial charge in [-0.25, -0.2) is 9.97 Å². The normalized spacial score (nSPS) is 14.2. The molecule has 5 nitrogen and oxygen atoms in total. The highest BCUT2D eigenvalue weighted by Crippen LogP contribution is 2.32. The van der Waals surface area contributed by atoms with Gasteiger partial charge in [0.05, 0.1) is 17.7 Å². The first-order valence-electron chi connectivity index (χ1n) is 9.14. The van der Waals surface area contributed by atoms with Gasteiger partial charge >= 0.3 is 0 Å². The quantitative estimate of drug-likeness (QED) is 0.453. The van der Waals surface area contributed by atoms with Crippen LogP contribution in [0.2, 0.25) is 0 Å². The standard InChI is InChI=1S/C21H21BrN4OS/c22-19-14-24-20(25-21(19)28-18-7-3-16(23)4-8-18)13-15-1-5-17(6-2-15)26-9-11-27-12-10-26/h1-8,14H,9-13,23H2. The smallest absolute Gasteiger partial charge is 0.134 e. The van der Waals surface area contributed by atoms with Crippen molar-refractivity contribution in [2.45, 2.75) is 16.3 Å². The summed E-state index contributed by atoms with van der Waals surface area (Å²) in [6.07, 6.45) is 2.52. The third-order valence-electron chi connectivity index (χ3n) is 4.53. The Labute approximate surface area is 177 Å². The van der Waals surface area contributed by atoms with Gasteiger partial charge in [-0.1, -0.05) is 23.9 Å². The van der Waals surface area contributed by atoms with Crippen LogP contribution in [0.5, 0.6) is 0 Å². The van der Waals surface area contributed by atoms with Crippen molar-refractivity contribution in [1.29, 1.82) is 0 Å². The molecule has 1 fully saturated rings. The highest BCUT2D eigenvalue weighted by molar-refractivity contribution is 9.10. The second-order valence-electron chi connectivity index (χ2n) is 6.55. The molecule has 1 aliphatic rings. The Morgan fingerprint density at radius 2 is 1.75 bits per heavy atom. The van der Waals surface area contributed by atoms with Gasteiger partial charge in [0, 0.05) is 42.0 Å². The molecule has 0 aliphatic carbocycles. The number of morpholine rings is 1. The number of rotatable bonds is 5. The molecule has 7 heteroatoms. The maximum absolute atomic E-state index is 5.76. The van der Waals surface area contributed by atoms with Gasteiger partial charge in [-0.2, -0.15) is 0 Å². The Morgan fingerprint density at radius 1 is 1.04 bits per heavy atom. The van der Waals surface area contributed by atoms with Crippen LogP contribution in [0, 0.1) is 0 Å². The zero-order valence-electron chi connectivity index (χ0n) is 15.3. The molecule has 2 N–H and O–H groups in total. The topological polar surface area (TPSA) is 64.3 Å². The molecule has 0 saturated carbocycles. The van der Waals surface area contributed by atoms with E-state index in [0.717, 1.165) is 52.2 Å².